The van der Waals surface area contributed by atoms with Gasteiger partial charge in [-0.05, 0) is 5.56 Å². The minimum absolute atomic E-state index is 0.525. The number of halogens is 6. The lowest BCUT2D eigenvalue weighted by Gasteiger charge is -2.15. The Balaban J connectivity index is 3.33. The second-order valence-corrected chi connectivity index (χ2v) is 3.42. The summed E-state index contributed by atoms with van der Waals surface area (Å²) in [5.74, 6) is -4.61. The average Bonchev–Trinajstić information content (AvgIpc) is 2.31. The number of carbonyl (C=O) groups excluding carboxylic acids is 1. The number of aromatic nitrogens is 1. The fourth-order valence-corrected chi connectivity index (χ4v) is 1.34. The van der Waals surface area contributed by atoms with Gasteiger partial charge in [-0.3, -0.25) is 4.79 Å². The molecular formula is C10H7F6NO3. The molecule has 0 radical (unpaired) electrons. The molecule has 0 spiro atoms. The highest BCUT2D eigenvalue weighted by atomic mass is 19.4. The standard InChI is InChI=1S/C10H7F6NO3/c1-19-5(18)2-4-3-17-9(13)7(6(4)8(11)12)20-10(14,15)16/h3,8H,2H2,1H3. The van der Waals surface area contributed by atoms with Crippen molar-refractivity contribution in [3.8, 4) is 5.75 Å². The Morgan fingerprint density at radius 2 is 2.00 bits per heavy atom. The topological polar surface area (TPSA) is 48.4 Å². The maximum atomic E-state index is 13.2. The van der Waals surface area contributed by atoms with Crippen LogP contribution >= 0.6 is 0 Å². The first kappa shape index (κ1) is 16.1. The highest BCUT2D eigenvalue weighted by Gasteiger charge is 2.36. The van der Waals surface area contributed by atoms with Crippen LogP contribution in [0, 0.1) is 5.95 Å². The van der Waals surface area contributed by atoms with E-state index in [0.717, 1.165) is 7.11 Å². The second kappa shape index (κ2) is 5.97. The van der Waals surface area contributed by atoms with Crippen LogP contribution in [0.1, 0.15) is 17.6 Å². The quantitative estimate of drug-likeness (QED) is 0.487. The fraction of sp³-hybridized carbons (Fsp3) is 0.400. The average molecular weight is 303 g/mol. The zero-order chi connectivity index (χ0) is 15.5. The lowest BCUT2D eigenvalue weighted by Crippen LogP contribution is -2.21. The van der Waals surface area contributed by atoms with Gasteiger partial charge < -0.3 is 9.47 Å². The molecule has 20 heavy (non-hydrogen) atoms. The van der Waals surface area contributed by atoms with Crippen molar-refractivity contribution in [2.24, 2.45) is 0 Å². The molecule has 0 fully saturated rings. The Morgan fingerprint density at radius 3 is 2.45 bits per heavy atom. The highest BCUT2D eigenvalue weighted by Crippen LogP contribution is 2.36. The molecule has 1 aromatic rings. The molecule has 0 unspecified atom stereocenters. The Labute approximate surface area is 108 Å². The summed E-state index contributed by atoms with van der Waals surface area (Å²) < 4.78 is 82.4. The van der Waals surface area contributed by atoms with E-state index < -0.39 is 48.0 Å². The van der Waals surface area contributed by atoms with Gasteiger partial charge in [0.1, 0.15) is 0 Å². The molecule has 1 aromatic heterocycles. The summed E-state index contributed by atoms with van der Waals surface area (Å²) in [5, 5.41) is 0. The normalized spacial score (nSPS) is 11.6. The number of alkyl halides is 5. The van der Waals surface area contributed by atoms with E-state index in [1.54, 1.807) is 0 Å². The number of pyridine rings is 1. The Hall–Kier alpha value is -2.00. The van der Waals surface area contributed by atoms with E-state index >= 15 is 0 Å². The molecule has 0 aliphatic carbocycles. The van der Waals surface area contributed by atoms with Crippen LogP contribution in [0.2, 0.25) is 0 Å². The molecule has 0 aromatic carbocycles. The highest BCUT2D eigenvalue weighted by molar-refractivity contribution is 5.73. The van der Waals surface area contributed by atoms with Crippen molar-refractivity contribution in [1.82, 2.24) is 4.98 Å². The van der Waals surface area contributed by atoms with Gasteiger partial charge in [0.2, 0.25) is 0 Å². The molecule has 1 heterocycles. The minimum atomic E-state index is -5.38. The molecule has 4 nitrogen and oxygen atoms in total. The SMILES string of the molecule is COC(=O)Cc1cnc(F)c(OC(F)(F)F)c1C(F)F. The van der Waals surface area contributed by atoms with Crippen molar-refractivity contribution in [3.05, 3.63) is 23.3 Å². The molecular weight excluding hydrogens is 296 g/mol. The molecule has 0 saturated heterocycles. The van der Waals surface area contributed by atoms with Crippen LogP contribution in [-0.2, 0) is 16.0 Å². The van der Waals surface area contributed by atoms with Gasteiger partial charge in [-0.15, -0.1) is 13.2 Å². The van der Waals surface area contributed by atoms with Crippen LogP contribution in [0.4, 0.5) is 26.3 Å². The van der Waals surface area contributed by atoms with Crippen molar-refractivity contribution >= 4 is 5.97 Å². The van der Waals surface area contributed by atoms with Crippen LogP contribution in [0.25, 0.3) is 0 Å². The number of ether oxygens (including phenoxy) is 2. The third-order valence-corrected chi connectivity index (χ3v) is 2.11. The van der Waals surface area contributed by atoms with Gasteiger partial charge in [0, 0.05) is 6.20 Å². The van der Waals surface area contributed by atoms with E-state index in [0.29, 0.717) is 6.20 Å². The molecule has 112 valence electrons. The zero-order valence-corrected chi connectivity index (χ0v) is 9.80. The summed E-state index contributed by atoms with van der Waals surface area (Å²) in [6, 6.07) is 0. The van der Waals surface area contributed by atoms with Crippen molar-refractivity contribution in [2.75, 3.05) is 7.11 Å². The Bertz CT molecular complexity index is 503. The third kappa shape index (κ3) is 4.00. The van der Waals surface area contributed by atoms with Gasteiger partial charge in [0.05, 0.1) is 19.1 Å². The van der Waals surface area contributed by atoms with E-state index in [9.17, 15) is 31.1 Å². The Kier molecular flexibility index (Phi) is 4.79. The molecule has 10 heteroatoms. The number of carbonyl (C=O) groups is 1. The van der Waals surface area contributed by atoms with Crippen molar-refractivity contribution in [2.45, 2.75) is 19.2 Å². The van der Waals surface area contributed by atoms with Crippen LogP contribution in [0.3, 0.4) is 0 Å². The number of methoxy groups -OCH3 is 1. The smallest absolute Gasteiger partial charge is 0.469 e. The van der Waals surface area contributed by atoms with Crippen molar-refractivity contribution in [3.63, 3.8) is 0 Å². The number of hydrogen-bond donors (Lipinski definition) is 0. The van der Waals surface area contributed by atoms with Crippen LogP contribution in [0.5, 0.6) is 5.75 Å². The summed E-state index contributed by atoms with van der Waals surface area (Å²) in [6.45, 7) is 0. The van der Waals surface area contributed by atoms with Gasteiger partial charge in [-0.1, -0.05) is 0 Å². The number of hydrogen-bond acceptors (Lipinski definition) is 4. The first-order valence-electron chi connectivity index (χ1n) is 4.93. The van der Waals surface area contributed by atoms with E-state index in [1.807, 2.05) is 0 Å². The maximum Gasteiger partial charge on any atom is 0.573 e. The summed E-state index contributed by atoms with van der Waals surface area (Å²) >= 11 is 0. The van der Waals surface area contributed by atoms with Gasteiger partial charge >= 0.3 is 12.3 Å². The molecule has 0 bridgehead atoms. The fourth-order valence-electron chi connectivity index (χ4n) is 1.34. The van der Waals surface area contributed by atoms with Gasteiger partial charge in [0.25, 0.3) is 12.4 Å². The number of nitrogens with zero attached hydrogens (tertiary/aromatic N) is 1. The molecule has 0 amide bonds. The molecule has 0 aliphatic heterocycles. The summed E-state index contributed by atoms with van der Waals surface area (Å²) in [6.07, 6.45) is -9.14. The monoisotopic (exact) mass is 303 g/mol. The van der Waals surface area contributed by atoms with E-state index in [-0.39, 0.29) is 0 Å². The predicted molar refractivity (Wildman–Crippen MR) is 51.6 cm³/mol. The maximum absolute atomic E-state index is 13.2. The van der Waals surface area contributed by atoms with Crippen LogP contribution in [-0.4, -0.2) is 24.4 Å². The number of rotatable bonds is 4. The zero-order valence-electron chi connectivity index (χ0n) is 9.80. The molecule has 0 N–H and O–H groups in total. The number of esters is 1. The summed E-state index contributed by atoms with van der Waals surface area (Å²) in [7, 11) is 0.953. The van der Waals surface area contributed by atoms with E-state index in [2.05, 4.69) is 14.5 Å². The summed E-state index contributed by atoms with van der Waals surface area (Å²) in [4.78, 5) is 13.8. The molecule has 1 rings (SSSR count). The third-order valence-electron chi connectivity index (χ3n) is 2.11. The summed E-state index contributed by atoms with van der Waals surface area (Å²) in [5.41, 5.74) is -2.01. The molecule has 0 saturated carbocycles. The van der Waals surface area contributed by atoms with Gasteiger partial charge in [-0.2, -0.15) is 4.39 Å². The minimum Gasteiger partial charge on any atom is -0.469 e. The van der Waals surface area contributed by atoms with Crippen molar-refractivity contribution in [1.29, 1.82) is 0 Å². The van der Waals surface area contributed by atoms with E-state index in [4.69, 9.17) is 0 Å². The lowest BCUT2D eigenvalue weighted by atomic mass is 10.1. The largest absolute Gasteiger partial charge is 0.573 e. The Morgan fingerprint density at radius 1 is 1.40 bits per heavy atom. The predicted octanol–water partition coefficient (Wildman–Crippen LogP) is 2.77. The van der Waals surface area contributed by atoms with Crippen molar-refractivity contribution < 1.29 is 40.6 Å². The molecule has 0 aliphatic rings. The van der Waals surface area contributed by atoms with Gasteiger partial charge in [-0.25, -0.2) is 13.8 Å². The van der Waals surface area contributed by atoms with Gasteiger partial charge in [0.15, 0.2) is 5.75 Å². The molecule has 0 atom stereocenters. The first-order chi connectivity index (χ1) is 9.15. The van der Waals surface area contributed by atoms with E-state index in [1.165, 1.54) is 0 Å². The second-order valence-electron chi connectivity index (χ2n) is 3.42. The van der Waals surface area contributed by atoms with Crippen LogP contribution in [0.15, 0.2) is 6.20 Å². The van der Waals surface area contributed by atoms with Crippen LogP contribution < -0.4 is 4.74 Å². The lowest BCUT2D eigenvalue weighted by molar-refractivity contribution is -0.276. The first-order valence-corrected chi connectivity index (χ1v) is 4.93.